The van der Waals surface area contributed by atoms with E-state index in [1.165, 1.54) is 4.57 Å². The summed E-state index contributed by atoms with van der Waals surface area (Å²) in [5.74, 6) is 1.06. The molecule has 1 heterocycles. The minimum Gasteiger partial charge on any atom is -0.396 e. The first-order valence-corrected chi connectivity index (χ1v) is 7.51. The second kappa shape index (κ2) is 7.99. The van der Waals surface area contributed by atoms with Crippen molar-refractivity contribution in [3.05, 3.63) is 38.9 Å². The molecular formula is C14H21BrN4O2. The van der Waals surface area contributed by atoms with Crippen LogP contribution < -0.4 is 16.2 Å². The number of aliphatic hydroxyl groups is 1. The fourth-order valence-corrected chi connectivity index (χ4v) is 2.34. The lowest BCUT2D eigenvalue weighted by Crippen LogP contribution is -2.29. The molecule has 1 aromatic heterocycles. The molecule has 0 saturated heterocycles. The van der Waals surface area contributed by atoms with Crippen LogP contribution in [0.4, 0.5) is 5.82 Å². The van der Waals surface area contributed by atoms with Gasteiger partial charge in [0.15, 0.2) is 0 Å². The predicted molar refractivity (Wildman–Crippen MR) is 89.0 cm³/mol. The van der Waals surface area contributed by atoms with E-state index in [9.17, 15) is 4.79 Å². The van der Waals surface area contributed by atoms with Crippen molar-refractivity contribution in [2.75, 3.05) is 18.5 Å². The molecule has 4 N–H and O–H groups in total. The predicted octanol–water partition coefficient (Wildman–Crippen LogP) is 1.87. The molecule has 1 aromatic rings. The maximum atomic E-state index is 12.3. The van der Waals surface area contributed by atoms with Crippen molar-refractivity contribution >= 4 is 27.5 Å². The summed E-state index contributed by atoms with van der Waals surface area (Å²) in [6.45, 7) is 8.49. The molecule has 0 unspecified atom stereocenters. The zero-order chi connectivity index (χ0) is 16.0. The normalized spacial score (nSPS) is 10.3. The van der Waals surface area contributed by atoms with Crippen LogP contribution >= 0.6 is 15.9 Å². The molecule has 0 saturated carbocycles. The van der Waals surface area contributed by atoms with E-state index in [-0.39, 0.29) is 12.2 Å². The van der Waals surface area contributed by atoms with Crippen LogP contribution in [0, 0.1) is 5.41 Å². The van der Waals surface area contributed by atoms with Crippen molar-refractivity contribution < 1.29 is 5.11 Å². The van der Waals surface area contributed by atoms with Crippen LogP contribution in [0.1, 0.15) is 25.8 Å². The third kappa shape index (κ3) is 4.44. The van der Waals surface area contributed by atoms with Crippen molar-refractivity contribution in [1.29, 1.82) is 5.41 Å². The number of nitrogens with one attached hydrogen (secondary N) is 3. The van der Waals surface area contributed by atoms with Gasteiger partial charge in [-0.2, -0.15) is 0 Å². The molecule has 0 amide bonds. The van der Waals surface area contributed by atoms with Gasteiger partial charge in [0.25, 0.3) is 5.56 Å². The number of nitrogens with zero attached hydrogens (tertiary/aromatic N) is 1. The molecule has 0 aliphatic rings. The van der Waals surface area contributed by atoms with Gasteiger partial charge in [0, 0.05) is 31.0 Å². The van der Waals surface area contributed by atoms with Gasteiger partial charge in [0.1, 0.15) is 5.82 Å². The smallest absolute Gasteiger partial charge is 0.266 e. The Bertz CT molecular complexity index is 595. The van der Waals surface area contributed by atoms with E-state index in [1.54, 1.807) is 13.0 Å². The largest absolute Gasteiger partial charge is 0.396 e. The van der Waals surface area contributed by atoms with Crippen molar-refractivity contribution in [3.63, 3.8) is 0 Å². The highest BCUT2D eigenvalue weighted by atomic mass is 79.9. The molecule has 0 spiro atoms. The van der Waals surface area contributed by atoms with Crippen LogP contribution in [0.25, 0.3) is 0 Å². The Kier molecular flexibility index (Phi) is 6.64. The number of halogens is 1. The fraction of sp³-hybridized carbons (Fsp3) is 0.429. The van der Waals surface area contributed by atoms with Crippen LogP contribution in [0.5, 0.6) is 0 Å². The molecule has 0 aliphatic heterocycles. The van der Waals surface area contributed by atoms with Crippen LogP contribution in [0.15, 0.2) is 27.7 Å². The van der Waals surface area contributed by atoms with Gasteiger partial charge in [-0.15, -0.1) is 0 Å². The number of rotatable bonds is 8. The SMILES string of the molecule is C=C(NCC)Nc1c(C(C)=N)cc(Br)c(=O)n1CCCO. The second-order valence-corrected chi connectivity index (χ2v) is 5.40. The van der Waals surface area contributed by atoms with Crippen LogP contribution in [0.2, 0.25) is 0 Å². The van der Waals surface area contributed by atoms with Gasteiger partial charge in [-0.05, 0) is 42.3 Å². The summed E-state index contributed by atoms with van der Waals surface area (Å²) in [5, 5.41) is 23.0. The molecule has 116 valence electrons. The van der Waals surface area contributed by atoms with Gasteiger partial charge in [0.05, 0.1) is 10.3 Å². The Hall–Kier alpha value is -1.60. The summed E-state index contributed by atoms with van der Waals surface area (Å²) < 4.78 is 1.90. The molecule has 0 bridgehead atoms. The third-order valence-electron chi connectivity index (χ3n) is 2.85. The maximum Gasteiger partial charge on any atom is 0.266 e. The van der Waals surface area contributed by atoms with E-state index in [2.05, 4.69) is 33.1 Å². The third-order valence-corrected chi connectivity index (χ3v) is 3.42. The number of hydrogen-bond acceptors (Lipinski definition) is 5. The number of aromatic nitrogens is 1. The highest BCUT2D eigenvalue weighted by Crippen LogP contribution is 2.20. The molecule has 0 aromatic carbocycles. The molecule has 7 heteroatoms. The summed E-state index contributed by atoms with van der Waals surface area (Å²) in [7, 11) is 0. The molecule has 0 aliphatic carbocycles. The van der Waals surface area contributed by atoms with Crippen molar-refractivity contribution in [2.24, 2.45) is 0 Å². The molecule has 0 atom stereocenters. The highest BCUT2D eigenvalue weighted by Gasteiger charge is 2.15. The van der Waals surface area contributed by atoms with Gasteiger partial charge >= 0.3 is 0 Å². The molecule has 21 heavy (non-hydrogen) atoms. The molecular weight excluding hydrogens is 336 g/mol. The lowest BCUT2D eigenvalue weighted by atomic mass is 10.1. The second-order valence-electron chi connectivity index (χ2n) is 4.55. The summed E-state index contributed by atoms with van der Waals surface area (Å²) in [5.41, 5.74) is 0.735. The van der Waals surface area contributed by atoms with Crippen molar-refractivity contribution in [2.45, 2.75) is 26.8 Å². The molecule has 6 nitrogen and oxygen atoms in total. The van der Waals surface area contributed by atoms with E-state index in [0.29, 0.717) is 46.9 Å². The summed E-state index contributed by atoms with van der Waals surface area (Å²) in [6.07, 6.45) is 0.454. The maximum absolute atomic E-state index is 12.3. The Morgan fingerprint density at radius 2 is 2.24 bits per heavy atom. The van der Waals surface area contributed by atoms with E-state index < -0.39 is 0 Å². The summed E-state index contributed by atoms with van der Waals surface area (Å²) >= 11 is 3.23. The van der Waals surface area contributed by atoms with Crippen molar-refractivity contribution in [3.8, 4) is 0 Å². The quantitative estimate of drug-likeness (QED) is 0.535. The molecule has 0 radical (unpaired) electrons. The van der Waals surface area contributed by atoms with Crippen LogP contribution in [-0.4, -0.2) is 28.5 Å². The lowest BCUT2D eigenvalue weighted by molar-refractivity contribution is 0.279. The minimum atomic E-state index is -0.208. The monoisotopic (exact) mass is 356 g/mol. The number of pyridine rings is 1. The van der Waals surface area contributed by atoms with E-state index >= 15 is 0 Å². The van der Waals surface area contributed by atoms with Gasteiger partial charge in [0.2, 0.25) is 0 Å². The molecule has 0 fully saturated rings. The van der Waals surface area contributed by atoms with Gasteiger partial charge in [-0.25, -0.2) is 0 Å². The zero-order valence-corrected chi connectivity index (χ0v) is 13.9. The Morgan fingerprint density at radius 3 is 2.76 bits per heavy atom. The first kappa shape index (κ1) is 17.5. The van der Waals surface area contributed by atoms with E-state index in [4.69, 9.17) is 10.5 Å². The average Bonchev–Trinajstić information content (AvgIpc) is 2.42. The first-order valence-electron chi connectivity index (χ1n) is 6.71. The Balaban J connectivity index is 3.38. The first-order chi connectivity index (χ1) is 9.92. The number of anilines is 1. The Morgan fingerprint density at radius 1 is 1.57 bits per heavy atom. The van der Waals surface area contributed by atoms with E-state index in [0.717, 1.165) is 0 Å². The van der Waals surface area contributed by atoms with Crippen LogP contribution in [-0.2, 0) is 6.54 Å². The summed E-state index contributed by atoms with van der Waals surface area (Å²) in [4.78, 5) is 12.3. The minimum absolute atomic E-state index is 0.00848. The topological polar surface area (TPSA) is 90.1 Å². The van der Waals surface area contributed by atoms with Gasteiger partial charge in [-0.3, -0.25) is 9.36 Å². The fourth-order valence-electron chi connectivity index (χ4n) is 1.90. The average molecular weight is 357 g/mol. The lowest BCUT2D eigenvalue weighted by Gasteiger charge is -2.20. The number of hydrogen-bond donors (Lipinski definition) is 4. The zero-order valence-electron chi connectivity index (χ0n) is 12.3. The summed E-state index contributed by atoms with van der Waals surface area (Å²) in [6, 6.07) is 1.63. The Labute approximate surface area is 132 Å². The van der Waals surface area contributed by atoms with Gasteiger partial charge < -0.3 is 21.1 Å². The standard InChI is InChI=1S/C14H21BrN4O2/c1-4-17-10(3)18-13-11(9(2)16)8-12(15)14(21)19(13)6-5-7-20/h8,16-18,20H,3-7H2,1-2H3. The number of aliphatic hydroxyl groups excluding tert-OH is 1. The molecule has 1 rings (SSSR count). The van der Waals surface area contributed by atoms with Crippen molar-refractivity contribution in [1.82, 2.24) is 9.88 Å². The van der Waals surface area contributed by atoms with E-state index in [1.807, 2.05) is 6.92 Å². The van der Waals surface area contributed by atoms with Crippen LogP contribution in [0.3, 0.4) is 0 Å². The van der Waals surface area contributed by atoms with Gasteiger partial charge in [-0.1, -0.05) is 6.58 Å². The highest BCUT2D eigenvalue weighted by molar-refractivity contribution is 9.10.